The number of halogens is 5. The van der Waals surface area contributed by atoms with Gasteiger partial charge in [0.2, 0.25) is 0 Å². The normalized spacial score (nSPS) is 10.7. The quantitative estimate of drug-likeness (QED) is 0.829. The fraction of sp³-hybridized carbons (Fsp3) is 0.364. The first-order chi connectivity index (χ1) is 8.53. The van der Waals surface area contributed by atoms with Crippen LogP contribution in [-0.4, -0.2) is 11.1 Å². The summed E-state index contributed by atoms with van der Waals surface area (Å²) in [5, 5.41) is 8.95. The highest BCUT2D eigenvalue weighted by Crippen LogP contribution is 2.35. The van der Waals surface area contributed by atoms with Crippen LogP contribution in [0.1, 0.15) is 32.6 Å². The van der Waals surface area contributed by atoms with Crippen molar-refractivity contribution < 1.29 is 27.5 Å². The number of hydrogen-bond acceptors (Lipinski definition) is 1. The van der Waals surface area contributed by atoms with Crippen molar-refractivity contribution in [2.75, 3.05) is 0 Å². The van der Waals surface area contributed by atoms with Crippen molar-refractivity contribution in [1.82, 2.24) is 0 Å². The molecule has 1 aromatic carbocycles. The Morgan fingerprint density at radius 1 is 0.889 bits per heavy atom. The molecule has 0 fully saturated rings. The molecule has 0 aliphatic carbocycles. The zero-order valence-corrected chi connectivity index (χ0v) is 10.7. The first-order valence-electron chi connectivity index (χ1n) is 4.85. The molecule has 7 heteroatoms. The van der Waals surface area contributed by atoms with E-state index >= 15 is 0 Å². The molecule has 0 unspecified atom stereocenters. The van der Waals surface area contributed by atoms with Gasteiger partial charge in [-0.25, -0.2) is 22.4 Å². The van der Waals surface area contributed by atoms with Crippen molar-refractivity contribution in [2.45, 2.75) is 26.7 Å². The highest BCUT2D eigenvalue weighted by atomic mass is 79.9. The number of rotatable bonds is 5. The van der Waals surface area contributed by atoms with Gasteiger partial charge in [-0.2, -0.15) is 0 Å². The fourth-order valence-corrected chi connectivity index (χ4v) is 2.45. The van der Waals surface area contributed by atoms with Crippen molar-refractivity contribution in [3.05, 3.63) is 32.3 Å². The minimum atomic E-state index is -1.60. The van der Waals surface area contributed by atoms with Crippen molar-refractivity contribution in [2.24, 2.45) is 0 Å². The van der Waals surface area contributed by atoms with Crippen LogP contribution in [0.5, 0.6) is 0 Å². The maximum atomic E-state index is 12.9. The highest BCUT2D eigenvalue weighted by molar-refractivity contribution is 9.10. The minimum Gasteiger partial charge on any atom is -0.478 e. The third kappa shape index (κ3) is 2.36. The van der Waals surface area contributed by atoms with Crippen LogP contribution in [0.3, 0.4) is 0 Å². The van der Waals surface area contributed by atoms with Crippen LogP contribution in [0.4, 0.5) is 17.6 Å². The predicted octanol–water partition coefficient (Wildman–Crippen LogP) is 4.03. The zero-order valence-electron chi connectivity index (χ0n) is 9.07. The van der Waals surface area contributed by atoms with Gasteiger partial charge in [-0.05, 0) is 0 Å². The number of hydrogen-bond donors (Lipinski definition) is 1. The second-order valence-corrected chi connectivity index (χ2v) is 4.24. The van der Waals surface area contributed by atoms with Crippen LogP contribution in [0, 0.1) is 0 Å². The lowest BCUT2D eigenvalue weighted by molar-refractivity contribution is 0.0692. The molecule has 0 saturated heterocycles. The SMILES string of the molecule is O=C(O)c1c(CF)c(CF)c(Br)c(CF)c1CF. The molecular formula is C11H9BrF4O2. The van der Waals surface area contributed by atoms with Crippen molar-refractivity contribution in [3.63, 3.8) is 0 Å². The summed E-state index contributed by atoms with van der Waals surface area (Å²) in [7, 11) is 0. The van der Waals surface area contributed by atoms with Crippen LogP contribution in [0.15, 0.2) is 4.47 Å². The van der Waals surface area contributed by atoms with Crippen LogP contribution in [0.25, 0.3) is 0 Å². The first-order valence-corrected chi connectivity index (χ1v) is 5.64. The molecule has 0 saturated carbocycles. The van der Waals surface area contributed by atoms with E-state index in [0.717, 1.165) is 0 Å². The molecule has 0 aliphatic rings. The van der Waals surface area contributed by atoms with E-state index in [1.54, 1.807) is 0 Å². The minimum absolute atomic E-state index is 0.113. The Labute approximate surface area is 109 Å². The van der Waals surface area contributed by atoms with Crippen molar-refractivity contribution >= 4 is 21.9 Å². The second kappa shape index (κ2) is 6.17. The predicted molar refractivity (Wildman–Crippen MR) is 60.3 cm³/mol. The number of aromatic carboxylic acids is 1. The number of carbonyl (C=O) groups is 1. The largest absolute Gasteiger partial charge is 0.478 e. The molecule has 18 heavy (non-hydrogen) atoms. The van der Waals surface area contributed by atoms with E-state index in [0.29, 0.717) is 0 Å². The van der Waals surface area contributed by atoms with Crippen molar-refractivity contribution in [3.8, 4) is 0 Å². The Hall–Kier alpha value is -1.11. The zero-order chi connectivity index (χ0) is 13.9. The van der Waals surface area contributed by atoms with E-state index in [1.807, 2.05) is 0 Å². The molecule has 0 radical (unpaired) electrons. The highest BCUT2D eigenvalue weighted by Gasteiger charge is 2.26. The Morgan fingerprint density at radius 3 is 1.44 bits per heavy atom. The van der Waals surface area contributed by atoms with Gasteiger partial charge >= 0.3 is 5.97 Å². The number of carboxylic acid groups (broad SMARTS) is 1. The van der Waals surface area contributed by atoms with Gasteiger partial charge in [-0.1, -0.05) is 15.9 Å². The molecule has 0 amide bonds. The van der Waals surface area contributed by atoms with Crippen LogP contribution in [-0.2, 0) is 26.7 Å². The summed E-state index contributed by atoms with van der Waals surface area (Å²) < 4.78 is 51.3. The summed E-state index contributed by atoms with van der Waals surface area (Å²) in [5.41, 5.74) is -2.19. The number of benzene rings is 1. The molecule has 0 aromatic heterocycles. The Bertz CT molecular complexity index is 444. The molecule has 0 bridgehead atoms. The molecule has 100 valence electrons. The fourth-order valence-electron chi connectivity index (χ4n) is 1.76. The Morgan fingerprint density at radius 2 is 1.22 bits per heavy atom. The van der Waals surface area contributed by atoms with Gasteiger partial charge in [-0.3, -0.25) is 0 Å². The summed E-state index contributed by atoms with van der Waals surface area (Å²) in [6, 6.07) is 0. The average molecular weight is 329 g/mol. The van der Waals surface area contributed by atoms with Gasteiger partial charge in [-0.15, -0.1) is 0 Å². The molecule has 1 rings (SSSR count). The van der Waals surface area contributed by atoms with Gasteiger partial charge in [0.25, 0.3) is 0 Å². The number of carboxylic acids is 1. The van der Waals surface area contributed by atoms with E-state index in [9.17, 15) is 22.4 Å². The van der Waals surface area contributed by atoms with Crippen LogP contribution >= 0.6 is 15.9 Å². The number of alkyl halides is 4. The molecule has 1 aromatic rings. The van der Waals surface area contributed by atoms with Gasteiger partial charge < -0.3 is 5.11 Å². The molecule has 0 aliphatic heterocycles. The smallest absolute Gasteiger partial charge is 0.336 e. The van der Waals surface area contributed by atoms with E-state index in [-0.39, 0.29) is 15.6 Å². The molecule has 0 atom stereocenters. The van der Waals surface area contributed by atoms with E-state index in [1.165, 1.54) is 0 Å². The van der Waals surface area contributed by atoms with Crippen LogP contribution < -0.4 is 0 Å². The average Bonchev–Trinajstić information content (AvgIpc) is 2.36. The maximum absolute atomic E-state index is 12.9. The lowest BCUT2D eigenvalue weighted by Gasteiger charge is -2.17. The summed E-state index contributed by atoms with van der Waals surface area (Å²) in [5.74, 6) is -1.60. The van der Waals surface area contributed by atoms with Crippen molar-refractivity contribution in [1.29, 1.82) is 0 Å². The second-order valence-electron chi connectivity index (χ2n) is 3.44. The third-order valence-corrected chi connectivity index (χ3v) is 3.57. The summed E-state index contributed by atoms with van der Waals surface area (Å²) in [6.45, 7) is -4.86. The van der Waals surface area contributed by atoms with Gasteiger partial charge in [0.05, 0.1) is 5.56 Å². The molecule has 2 nitrogen and oxygen atoms in total. The Balaban J connectivity index is 3.80. The van der Waals surface area contributed by atoms with Crippen LogP contribution in [0.2, 0.25) is 0 Å². The molecule has 0 heterocycles. The van der Waals surface area contributed by atoms with E-state index in [2.05, 4.69) is 15.9 Å². The first kappa shape index (κ1) is 14.9. The molecule has 0 spiro atoms. The monoisotopic (exact) mass is 328 g/mol. The maximum Gasteiger partial charge on any atom is 0.336 e. The van der Waals surface area contributed by atoms with E-state index in [4.69, 9.17) is 5.11 Å². The summed E-state index contributed by atoms with van der Waals surface area (Å²) >= 11 is 2.86. The van der Waals surface area contributed by atoms with E-state index < -0.39 is 49.4 Å². The van der Waals surface area contributed by atoms with Gasteiger partial charge in [0, 0.05) is 26.7 Å². The summed E-state index contributed by atoms with van der Waals surface area (Å²) in [6.07, 6.45) is 0. The molecule has 1 N–H and O–H groups in total. The Kier molecular flexibility index (Phi) is 5.13. The lowest BCUT2D eigenvalue weighted by atomic mass is 9.93. The topological polar surface area (TPSA) is 37.3 Å². The lowest BCUT2D eigenvalue weighted by Crippen LogP contribution is -2.12. The van der Waals surface area contributed by atoms with Gasteiger partial charge in [0.1, 0.15) is 26.7 Å². The standard InChI is InChI=1S/C11H9BrF4O2/c12-10-7(3-15)5(1-13)9(11(17)18)6(2-14)8(10)4-16/h1-4H2,(H,17,18). The molecular weight excluding hydrogens is 320 g/mol. The third-order valence-electron chi connectivity index (χ3n) is 2.61. The summed E-state index contributed by atoms with van der Waals surface area (Å²) in [4.78, 5) is 11.0. The van der Waals surface area contributed by atoms with Gasteiger partial charge in [0.15, 0.2) is 0 Å².